The fourth-order valence-electron chi connectivity index (χ4n) is 1.49. The lowest BCUT2D eigenvalue weighted by Crippen LogP contribution is -2.45. The summed E-state index contributed by atoms with van der Waals surface area (Å²) < 4.78 is 5.35. The largest absolute Gasteiger partial charge is 0.380 e. The molecular weight excluding hydrogens is 180 g/mol. The average molecular weight is 202 g/mol. The Balaban J connectivity index is 0.000000791. The number of rotatable bonds is 2. The molecule has 4 heteroatoms. The van der Waals surface area contributed by atoms with Gasteiger partial charge in [-0.05, 0) is 27.3 Å². The number of nitrogens with two attached hydrogens (primary N) is 1. The van der Waals surface area contributed by atoms with Crippen LogP contribution in [0.1, 0.15) is 20.3 Å². The lowest BCUT2D eigenvalue weighted by atomic mass is 9.99. The molecule has 0 amide bonds. The van der Waals surface area contributed by atoms with Crippen LogP contribution in [0.4, 0.5) is 0 Å². The van der Waals surface area contributed by atoms with Crippen LogP contribution in [0.25, 0.3) is 0 Å². The van der Waals surface area contributed by atoms with Gasteiger partial charge in [-0.15, -0.1) is 0 Å². The highest BCUT2D eigenvalue weighted by Gasteiger charge is 2.27. The van der Waals surface area contributed by atoms with Crippen molar-refractivity contribution in [3.63, 3.8) is 0 Å². The molecule has 4 nitrogen and oxygen atoms in total. The number of aldehydes is 1. The number of carbonyl (C=O) groups is 1. The van der Waals surface area contributed by atoms with E-state index in [1.54, 1.807) is 0 Å². The normalized spacial score (nSPS) is 21.7. The first-order valence-electron chi connectivity index (χ1n) is 5.01. The third-order valence-electron chi connectivity index (χ3n) is 2.51. The Hall–Kier alpha value is -0.450. The second-order valence-corrected chi connectivity index (χ2v) is 3.79. The van der Waals surface area contributed by atoms with E-state index in [1.165, 1.54) is 7.05 Å². The first-order chi connectivity index (χ1) is 6.67. The molecule has 1 rings (SSSR count). The SMILES string of the molecule is CC1(C)CCOCCN1CC=O.CN. The van der Waals surface area contributed by atoms with Crippen LogP contribution in [0.3, 0.4) is 0 Å². The highest BCUT2D eigenvalue weighted by atomic mass is 16.5. The Morgan fingerprint density at radius 3 is 2.64 bits per heavy atom. The van der Waals surface area contributed by atoms with Gasteiger partial charge in [0, 0.05) is 18.7 Å². The zero-order chi connectivity index (χ0) is 11.0. The molecule has 0 saturated carbocycles. The van der Waals surface area contributed by atoms with Gasteiger partial charge in [0.05, 0.1) is 13.2 Å². The molecule has 0 radical (unpaired) electrons. The van der Waals surface area contributed by atoms with Crippen molar-refractivity contribution in [2.45, 2.75) is 25.8 Å². The van der Waals surface area contributed by atoms with Crippen molar-refractivity contribution >= 4 is 6.29 Å². The fraction of sp³-hybridized carbons (Fsp3) is 0.900. The van der Waals surface area contributed by atoms with Gasteiger partial charge in [0.25, 0.3) is 0 Å². The molecule has 0 spiro atoms. The molecule has 2 N–H and O–H groups in total. The van der Waals surface area contributed by atoms with E-state index < -0.39 is 0 Å². The van der Waals surface area contributed by atoms with Crippen LogP contribution in [0.5, 0.6) is 0 Å². The zero-order valence-corrected chi connectivity index (χ0v) is 9.45. The maximum absolute atomic E-state index is 10.4. The van der Waals surface area contributed by atoms with E-state index in [0.717, 1.165) is 32.5 Å². The van der Waals surface area contributed by atoms with Crippen LogP contribution in [0.2, 0.25) is 0 Å². The second-order valence-electron chi connectivity index (χ2n) is 3.79. The lowest BCUT2D eigenvalue weighted by Gasteiger charge is -2.34. The number of hydrogen-bond acceptors (Lipinski definition) is 4. The average Bonchev–Trinajstić information content (AvgIpc) is 2.33. The van der Waals surface area contributed by atoms with Crippen LogP contribution in [0.15, 0.2) is 0 Å². The molecule has 1 fully saturated rings. The van der Waals surface area contributed by atoms with Crippen molar-refractivity contribution in [3.05, 3.63) is 0 Å². The number of carbonyl (C=O) groups excluding carboxylic acids is 1. The van der Waals surface area contributed by atoms with Crippen molar-refractivity contribution in [3.8, 4) is 0 Å². The third-order valence-corrected chi connectivity index (χ3v) is 2.51. The van der Waals surface area contributed by atoms with Crippen LogP contribution in [-0.2, 0) is 9.53 Å². The summed E-state index contributed by atoms with van der Waals surface area (Å²) in [6, 6.07) is 0. The molecule has 1 saturated heterocycles. The molecular formula is C10H22N2O2. The fourth-order valence-corrected chi connectivity index (χ4v) is 1.49. The third kappa shape index (κ3) is 4.17. The predicted molar refractivity (Wildman–Crippen MR) is 57.3 cm³/mol. The smallest absolute Gasteiger partial charge is 0.134 e. The Labute approximate surface area is 86.4 Å². The van der Waals surface area contributed by atoms with Crippen molar-refractivity contribution in [1.29, 1.82) is 0 Å². The number of nitrogens with zero attached hydrogens (tertiary/aromatic N) is 1. The van der Waals surface area contributed by atoms with Gasteiger partial charge in [-0.2, -0.15) is 0 Å². The van der Waals surface area contributed by atoms with E-state index in [9.17, 15) is 4.79 Å². The van der Waals surface area contributed by atoms with Crippen LogP contribution in [-0.4, -0.2) is 50.1 Å². The summed E-state index contributed by atoms with van der Waals surface area (Å²) >= 11 is 0. The first kappa shape index (κ1) is 13.5. The zero-order valence-electron chi connectivity index (χ0n) is 9.45. The maximum Gasteiger partial charge on any atom is 0.134 e. The van der Waals surface area contributed by atoms with Gasteiger partial charge in [-0.1, -0.05) is 0 Å². The van der Waals surface area contributed by atoms with Gasteiger partial charge in [0.1, 0.15) is 6.29 Å². The predicted octanol–water partition coefficient (Wildman–Crippen LogP) is 0.261. The molecule has 1 aliphatic heterocycles. The van der Waals surface area contributed by atoms with Crippen molar-refractivity contribution in [2.75, 3.05) is 33.4 Å². The van der Waals surface area contributed by atoms with Gasteiger partial charge in [0.2, 0.25) is 0 Å². The van der Waals surface area contributed by atoms with Crippen LogP contribution >= 0.6 is 0 Å². The summed E-state index contributed by atoms with van der Waals surface area (Å²) in [5.74, 6) is 0. The van der Waals surface area contributed by atoms with E-state index in [4.69, 9.17) is 4.74 Å². The standard InChI is InChI=1S/C9H17NO2.CH5N/c1-9(2)3-7-12-8-5-10(9)4-6-11;1-2/h6H,3-5,7-8H2,1-2H3;2H2,1H3. The second kappa shape index (κ2) is 6.92. The minimum atomic E-state index is 0.109. The molecule has 84 valence electrons. The van der Waals surface area contributed by atoms with E-state index in [0.29, 0.717) is 6.54 Å². The minimum absolute atomic E-state index is 0.109. The molecule has 1 aliphatic rings. The van der Waals surface area contributed by atoms with Gasteiger partial charge in [0.15, 0.2) is 0 Å². The molecule has 1 heterocycles. The molecule has 0 aromatic carbocycles. The molecule has 0 atom stereocenters. The summed E-state index contributed by atoms with van der Waals surface area (Å²) in [6.07, 6.45) is 1.97. The minimum Gasteiger partial charge on any atom is -0.380 e. The molecule has 0 unspecified atom stereocenters. The van der Waals surface area contributed by atoms with Crippen molar-refractivity contribution < 1.29 is 9.53 Å². The number of ether oxygens (including phenoxy) is 1. The summed E-state index contributed by atoms with van der Waals surface area (Å²) in [6.45, 7) is 7.26. The van der Waals surface area contributed by atoms with Gasteiger partial charge in [-0.25, -0.2) is 0 Å². The highest BCUT2D eigenvalue weighted by Crippen LogP contribution is 2.20. The van der Waals surface area contributed by atoms with Crippen molar-refractivity contribution in [2.24, 2.45) is 5.73 Å². The molecule has 0 aromatic heterocycles. The van der Waals surface area contributed by atoms with Crippen LogP contribution < -0.4 is 5.73 Å². The Morgan fingerprint density at radius 2 is 2.07 bits per heavy atom. The summed E-state index contributed by atoms with van der Waals surface area (Å²) in [5.41, 5.74) is 4.61. The molecule has 0 aliphatic carbocycles. The van der Waals surface area contributed by atoms with Crippen LogP contribution in [0, 0.1) is 0 Å². The highest BCUT2D eigenvalue weighted by molar-refractivity contribution is 5.52. The van der Waals surface area contributed by atoms with Gasteiger partial charge >= 0.3 is 0 Å². The summed E-state index contributed by atoms with van der Waals surface area (Å²) in [5, 5.41) is 0. The number of hydrogen-bond donors (Lipinski definition) is 1. The molecule has 0 bridgehead atoms. The van der Waals surface area contributed by atoms with E-state index in [-0.39, 0.29) is 5.54 Å². The van der Waals surface area contributed by atoms with E-state index >= 15 is 0 Å². The van der Waals surface area contributed by atoms with E-state index in [2.05, 4.69) is 24.5 Å². The van der Waals surface area contributed by atoms with Gasteiger partial charge in [-0.3, -0.25) is 4.90 Å². The molecule has 0 aromatic rings. The first-order valence-corrected chi connectivity index (χ1v) is 5.01. The Kier molecular flexibility index (Phi) is 6.70. The van der Waals surface area contributed by atoms with Crippen molar-refractivity contribution in [1.82, 2.24) is 4.90 Å². The monoisotopic (exact) mass is 202 g/mol. The topological polar surface area (TPSA) is 55.6 Å². The lowest BCUT2D eigenvalue weighted by molar-refractivity contribution is -0.110. The van der Waals surface area contributed by atoms with Gasteiger partial charge < -0.3 is 15.3 Å². The Morgan fingerprint density at radius 1 is 1.43 bits per heavy atom. The summed E-state index contributed by atoms with van der Waals surface area (Å²) in [4.78, 5) is 12.6. The summed E-state index contributed by atoms with van der Waals surface area (Å²) in [7, 11) is 1.50. The maximum atomic E-state index is 10.4. The van der Waals surface area contributed by atoms with E-state index in [1.807, 2.05) is 0 Å². The molecule has 14 heavy (non-hydrogen) atoms. The quantitative estimate of drug-likeness (QED) is 0.653. The Bertz CT molecular complexity index is 160.